The van der Waals surface area contributed by atoms with Crippen LogP contribution < -0.4 is 9.47 Å². The summed E-state index contributed by atoms with van der Waals surface area (Å²) in [5.74, 6) is 1.60. The van der Waals surface area contributed by atoms with Gasteiger partial charge in [0, 0.05) is 38.1 Å². The van der Waals surface area contributed by atoms with E-state index >= 15 is 0 Å². The third kappa shape index (κ3) is 6.18. The van der Waals surface area contributed by atoms with Crippen LogP contribution in [0.5, 0.6) is 11.5 Å². The van der Waals surface area contributed by atoms with E-state index in [0.717, 1.165) is 37.7 Å². The molecule has 5 nitrogen and oxygen atoms in total. The zero-order chi connectivity index (χ0) is 20.6. The average Bonchev–Trinajstić information content (AvgIpc) is 3.15. The lowest BCUT2D eigenvalue weighted by Crippen LogP contribution is -2.39. The van der Waals surface area contributed by atoms with Gasteiger partial charge in [-0.15, -0.1) is 0 Å². The fraction of sp³-hybridized carbons (Fsp3) is 0.542. The number of rotatable bonds is 10. The van der Waals surface area contributed by atoms with Gasteiger partial charge < -0.3 is 9.47 Å². The maximum atomic E-state index is 5.98. The van der Waals surface area contributed by atoms with Crippen LogP contribution in [0.15, 0.2) is 42.7 Å². The molecule has 0 radical (unpaired) electrons. The first-order chi connectivity index (χ1) is 14.1. The van der Waals surface area contributed by atoms with Gasteiger partial charge in [-0.2, -0.15) is 0 Å². The number of aromatic nitrogens is 1. The molecule has 0 amide bonds. The van der Waals surface area contributed by atoms with Gasteiger partial charge in [0.05, 0.1) is 13.2 Å². The topological polar surface area (TPSA) is 37.8 Å². The first kappa shape index (κ1) is 21.6. The van der Waals surface area contributed by atoms with Crippen LogP contribution in [0, 0.1) is 0 Å². The number of pyridine rings is 1. The Labute approximate surface area is 175 Å². The minimum atomic E-state index is 0.113. The Bertz CT molecular complexity index is 751. The Morgan fingerprint density at radius 2 is 2.00 bits per heavy atom. The predicted molar refractivity (Wildman–Crippen MR) is 117 cm³/mol. The molecule has 29 heavy (non-hydrogen) atoms. The first-order valence-electron chi connectivity index (χ1n) is 10.8. The van der Waals surface area contributed by atoms with E-state index in [-0.39, 0.29) is 6.10 Å². The van der Waals surface area contributed by atoms with Crippen molar-refractivity contribution in [2.75, 3.05) is 26.7 Å². The van der Waals surface area contributed by atoms with Gasteiger partial charge in [0.1, 0.15) is 0 Å². The summed E-state index contributed by atoms with van der Waals surface area (Å²) in [6.45, 7) is 11.5. The maximum absolute atomic E-state index is 5.98. The van der Waals surface area contributed by atoms with Crippen molar-refractivity contribution < 1.29 is 9.47 Å². The van der Waals surface area contributed by atoms with Crippen LogP contribution >= 0.6 is 0 Å². The highest BCUT2D eigenvalue weighted by atomic mass is 16.5. The number of hydrogen-bond acceptors (Lipinski definition) is 5. The van der Waals surface area contributed by atoms with Gasteiger partial charge in [-0.3, -0.25) is 14.8 Å². The van der Waals surface area contributed by atoms with Gasteiger partial charge >= 0.3 is 0 Å². The lowest BCUT2D eigenvalue weighted by atomic mass is 10.1. The quantitative estimate of drug-likeness (QED) is 0.595. The van der Waals surface area contributed by atoms with E-state index in [0.29, 0.717) is 6.04 Å². The molecular formula is C24H35N3O2. The van der Waals surface area contributed by atoms with Crippen molar-refractivity contribution in [3.05, 3.63) is 53.9 Å². The van der Waals surface area contributed by atoms with Crippen LogP contribution in [-0.4, -0.2) is 53.7 Å². The SMILES string of the molecule is CCN1CCC[C@H]1CN(Cc1cccnc1)Cc1ccc(OC)c(OC(C)C)c1. The van der Waals surface area contributed by atoms with Crippen molar-refractivity contribution in [1.82, 2.24) is 14.8 Å². The van der Waals surface area contributed by atoms with Crippen LogP contribution in [-0.2, 0) is 13.1 Å². The van der Waals surface area contributed by atoms with E-state index in [9.17, 15) is 0 Å². The second-order valence-corrected chi connectivity index (χ2v) is 8.11. The normalized spacial score (nSPS) is 17.2. The maximum Gasteiger partial charge on any atom is 0.161 e. The smallest absolute Gasteiger partial charge is 0.161 e. The zero-order valence-electron chi connectivity index (χ0n) is 18.3. The van der Waals surface area contributed by atoms with Crippen molar-refractivity contribution in [2.24, 2.45) is 0 Å². The molecule has 1 aromatic heterocycles. The molecule has 0 spiro atoms. The molecule has 158 valence electrons. The fourth-order valence-electron chi connectivity index (χ4n) is 4.17. The molecule has 0 N–H and O–H groups in total. The summed E-state index contributed by atoms with van der Waals surface area (Å²) in [5.41, 5.74) is 2.49. The Balaban J connectivity index is 1.78. The van der Waals surface area contributed by atoms with E-state index < -0.39 is 0 Å². The lowest BCUT2D eigenvalue weighted by Gasteiger charge is -2.30. The van der Waals surface area contributed by atoms with E-state index in [1.54, 1.807) is 7.11 Å². The molecule has 0 bridgehead atoms. The number of hydrogen-bond donors (Lipinski definition) is 0. The molecule has 1 atom stereocenters. The molecule has 1 fully saturated rings. The van der Waals surface area contributed by atoms with Crippen molar-refractivity contribution in [2.45, 2.75) is 58.8 Å². The van der Waals surface area contributed by atoms with E-state index in [1.807, 2.05) is 38.4 Å². The van der Waals surface area contributed by atoms with Crippen LogP contribution in [0.1, 0.15) is 44.7 Å². The molecule has 0 saturated carbocycles. The van der Waals surface area contributed by atoms with Gasteiger partial charge in [0.25, 0.3) is 0 Å². The number of nitrogens with zero attached hydrogens (tertiary/aromatic N) is 3. The second-order valence-electron chi connectivity index (χ2n) is 8.11. The number of benzene rings is 1. The van der Waals surface area contributed by atoms with Gasteiger partial charge in [-0.05, 0) is 69.1 Å². The largest absolute Gasteiger partial charge is 0.493 e. The summed E-state index contributed by atoms with van der Waals surface area (Å²) in [6, 6.07) is 11.1. The molecule has 3 rings (SSSR count). The molecule has 0 unspecified atom stereocenters. The van der Waals surface area contributed by atoms with Crippen molar-refractivity contribution in [1.29, 1.82) is 0 Å². The Hall–Kier alpha value is -2.11. The highest BCUT2D eigenvalue weighted by Gasteiger charge is 2.25. The third-order valence-electron chi connectivity index (χ3n) is 5.50. The first-order valence-corrected chi connectivity index (χ1v) is 10.8. The molecule has 0 aliphatic carbocycles. The van der Waals surface area contributed by atoms with Crippen LogP contribution in [0.2, 0.25) is 0 Å². The standard InChI is InChI=1S/C24H35N3O2/c1-5-27-13-7-9-22(27)18-26(17-21-8-6-12-25-15-21)16-20-10-11-23(28-4)24(14-20)29-19(2)3/h6,8,10-12,14-15,19,22H,5,7,9,13,16-18H2,1-4H3/t22-/m0/s1. The summed E-state index contributed by atoms with van der Waals surface area (Å²) >= 11 is 0. The summed E-state index contributed by atoms with van der Waals surface area (Å²) in [7, 11) is 1.69. The monoisotopic (exact) mass is 397 g/mol. The third-order valence-corrected chi connectivity index (χ3v) is 5.50. The number of ether oxygens (including phenoxy) is 2. The summed E-state index contributed by atoms with van der Waals surface area (Å²) in [5, 5.41) is 0. The number of likely N-dealkylation sites (N-methyl/N-ethyl adjacent to an activating group) is 1. The van der Waals surface area contributed by atoms with Gasteiger partial charge in [0.15, 0.2) is 11.5 Å². The zero-order valence-corrected chi connectivity index (χ0v) is 18.3. The summed E-state index contributed by atoms with van der Waals surface area (Å²) in [4.78, 5) is 9.45. The Morgan fingerprint density at radius 3 is 2.69 bits per heavy atom. The summed E-state index contributed by atoms with van der Waals surface area (Å²) in [6.07, 6.45) is 6.50. The molecule has 5 heteroatoms. The van der Waals surface area contributed by atoms with Crippen LogP contribution in [0.25, 0.3) is 0 Å². The van der Waals surface area contributed by atoms with Crippen molar-refractivity contribution in [3.63, 3.8) is 0 Å². The summed E-state index contributed by atoms with van der Waals surface area (Å²) < 4.78 is 11.5. The molecule has 1 aromatic carbocycles. The van der Waals surface area contributed by atoms with E-state index in [4.69, 9.17) is 9.47 Å². The number of likely N-dealkylation sites (tertiary alicyclic amines) is 1. The van der Waals surface area contributed by atoms with Crippen molar-refractivity contribution >= 4 is 0 Å². The minimum Gasteiger partial charge on any atom is -0.493 e. The number of methoxy groups -OCH3 is 1. The second kappa shape index (κ2) is 10.6. The molecule has 1 saturated heterocycles. The lowest BCUT2D eigenvalue weighted by molar-refractivity contribution is 0.165. The molecular weight excluding hydrogens is 362 g/mol. The Kier molecular flexibility index (Phi) is 7.90. The predicted octanol–water partition coefficient (Wildman–Crippen LogP) is 4.36. The molecule has 1 aliphatic heterocycles. The van der Waals surface area contributed by atoms with Gasteiger partial charge in [-0.1, -0.05) is 19.1 Å². The highest BCUT2D eigenvalue weighted by Crippen LogP contribution is 2.30. The van der Waals surface area contributed by atoms with Gasteiger partial charge in [-0.25, -0.2) is 0 Å². The average molecular weight is 398 g/mol. The van der Waals surface area contributed by atoms with Gasteiger partial charge in [0.2, 0.25) is 0 Å². The fourth-order valence-corrected chi connectivity index (χ4v) is 4.17. The van der Waals surface area contributed by atoms with Crippen LogP contribution in [0.3, 0.4) is 0 Å². The van der Waals surface area contributed by atoms with E-state index in [2.05, 4.69) is 39.9 Å². The van der Waals surface area contributed by atoms with E-state index in [1.165, 1.54) is 30.5 Å². The van der Waals surface area contributed by atoms with Crippen molar-refractivity contribution in [3.8, 4) is 11.5 Å². The minimum absolute atomic E-state index is 0.113. The molecule has 2 heterocycles. The van der Waals surface area contributed by atoms with Crippen LogP contribution in [0.4, 0.5) is 0 Å². The molecule has 1 aliphatic rings. The molecule has 2 aromatic rings. The highest BCUT2D eigenvalue weighted by molar-refractivity contribution is 5.43. The Morgan fingerprint density at radius 1 is 1.17 bits per heavy atom.